The van der Waals surface area contributed by atoms with Gasteiger partial charge in [-0.15, -0.1) is 0 Å². The highest BCUT2D eigenvalue weighted by molar-refractivity contribution is 5.83. The van der Waals surface area contributed by atoms with Crippen LogP contribution in [-0.4, -0.2) is 4.98 Å². The summed E-state index contributed by atoms with van der Waals surface area (Å²) in [6, 6.07) is 6.64. The van der Waals surface area contributed by atoms with Crippen LogP contribution in [0.15, 0.2) is 18.2 Å². The maximum absolute atomic E-state index is 4.57. The largest absolute Gasteiger partial charge is 0.253 e. The Morgan fingerprint density at radius 3 is 2.40 bits per heavy atom. The van der Waals surface area contributed by atoms with E-state index in [1.165, 1.54) is 22.1 Å². The highest BCUT2D eigenvalue weighted by Crippen LogP contribution is 2.22. The van der Waals surface area contributed by atoms with Gasteiger partial charge in [-0.3, -0.25) is 4.98 Å². The molecule has 0 aliphatic rings. The minimum Gasteiger partial charge on any atom is -0.253 e. The summed E-state index contributed by atoms with van der Waals surface area (Å²) in [4.78, 5) is 4.57. The molecular formula is C14H17N. The highest BCUT2D eigenvalue weighted by Gasteiger charge is 2.04. The smallest absolute Gasteiger partial charge is 0.0710 e. The molecule has 0 bridgehead atoms. The first-order valence-corrected chi connectivity index (χ1v) is 5.49. The zero-order valence-corrected chi connectivity index (χ0v) is 9.89. The molecule has 0 aliphatic carbocycles. The lowest BCUT2D eigenvalue weighted by atomic mass is 10.0. The van der Waals surface area contributed by atoms with E-state index in [0.29, 0.717) is 0 Å². The number of hydrogen-bond acceptors (Lipinski definition) is 1. The molecule has 0 atom stereocenters. The maximum atomic E-state index is 4.57. The molecule has 0 spiro atoms. The van der Waals surface area contributed by atoms with Crippen molar-refractivity contribution < 1.29 is 0 Å². The minimum absolute atomic E-state index is 1.09. The maximum Gasteiger partial charge on any atom is 0.0710 e. The van der Waals surface area contributed by atoms with Crippen LogP contribution in [0.2, 0.25) is 0 Å². The zero-order chi connectivity index (χ0) is 11.0. The molecule has 1 aromatic carbocycles. The Morgan fingerprint density at radius 2 is 1.73 bits per heavy atom. The Labute approximate surface area is 91.2 Å². The quantitative estimate of drug-likeness (QED) is 0.682. The molecule has 1 heterocycles. The van der Waals surface area contributed by atoms with Crippen molar-refractivity contribution in [2.45, 2.75) is 34.1 Å². The van der Waals surface area contributed by atoms with Crippen LogP contribution in [0.4, 0.5) is 0 Å². The first-order chi connectivity index (χ1) is 7.11. The van der Waals surface area contributed by atoms with E-state index in [9.17, 15) is 0 Å². The van der Waals surface area contributed by atoms with Crippen molar-refractivity contribution in [1.29, 1.82) is 0 Å². The fourth-order valence-electron chi connectivity index (χ4n) is 2.14. The fraction of sp³-hybridized carbons (Fsp3) is 0.357. The van der Waals surface area contributed by atoms with Crippen molar-refractivity contribution in [3.63, 3.8) is 0 Å². The molecule has 0 aliphatic heterocycles. The molecule has 15 heavy (non-hydrogen) atoms. The van der Waals surface area contributed by atoms with E-state index in [2.05, 4.69) is 50.9 Å². The second kappa shape index (κ2) is 3.65. The third kappa shape index (κ3) is 1.74. The van der Waals surface area contributed by atoms with Gasteiger partial charge in [-0.25, -0.2) is 0 Å². The van der Waals surface area contributed by atoms with Gasteiger partial charge in [0, 0.05) is 11.1 Å². The van der Waals surface area contributed by atoms with Crippen LogP contribution >= 0.6 is 0 Å². The first-order valence-electron chi connectivity index (χ1n) is 5.49. The fourth-order valence-corrected chi connectivity index (χ4v) is 2.14. The summed E-state index contributed by atoms with van der Waals surface area (Å²) in [6.45, 7) is 8.57. The van der Waals surface area contributed by atoms with E-state index in [-0.39, 0.29) is 0 Å². The van der Waals surface area contributed by atoms with Gasteiger partial charge in [0.2, 0.25) is 0 Å². The van der Waals surface area contributed by atoms with Crippen LogP contribution in [0.3, 0.4) is 0 Å². The number of hydrogen-bond donors (Lipinski definition) is 0. The second-order valence-electron chi connectivity index (χ2n) is 4.23. The van der Waals surface area contributed by atoms with Gasteiger partial charge in [-0.2, -0.15) is 0 Å². The predicted molar refractivity (Wildman–Crippen MR) is 65.3 cm³/mol. The van der Waals surface area contributed by atoms with E-state index in [1.807, 2.05) is 0 Å². The van der Waals surface area contributed by atoms with Crippen molar-refractivity contribution in [2.75, 3.05) is 0 Å². The van der Waals surface area contributed by atoms with E-state index in [4.69, 9.17) is 0 Å². The van der Waals surface area contributed by atoms with E-state index in [1.54, 1.807) is 0 Å². The van der Waals surface area contributed by atoms with Gasteiger partial charge in [0.15, 0.2) is 0 Å². The minimum atomic E-state index is 1.09. The van der Waals surface area contributed by atoms with Gasteiger partial charge in [0.1, 0.15) is 0 Å². The number of benzene rings is 1. The van der Waals surface area contributed by atoms with Crippen LogP contribution in [0.1, 0.15) is 29.3 Å². The van der Waals surface area contributed by atoms with Gasteiger partial charge in [0.05, 0.1) is 5.52 Å². The molecule has 2 aromatic rings. The third-order valence-electron chi connectivity index (χ3n) is 2.98. The van der Waals surface area contributed by atoms with E-state index >= 15 is 0 Å². The Kier molecular flexibility index (Phi) is 2.47. The third-order valence-corrected chi connectivity index (χ3v) is 2.98. The predicted octanol–water partition coefficient (Wildman–Crippen LogP) is 3.72. The van der Waals surface area contributed by atoms with E-state index in [0.717, 1.165) is 17.6 Å². The second-order valence-corrected chi connectivity index (χ2v) is 4.23. The number of pyridine rings is 1. The SMILES string of the molecule is CCc1cc2c(C)cc(C)nc2cc1C. The lowest BCUT2D eigenvalue weighted by Crippen LogP contribution is -1.92. The van der Waals surface area contributed by atoms with Crippen molar-refractivity contribution >= 4 is 10.9 Å². The van der Waals surface area contributed by atoms with Gasteiger partial charge in [-0.05, 0) is 62.1 Å². The molecule has 0 amide bonds. The topological polar surface area (TPSA) is 12.9 Å². The molecule has 0 saturated heterocycles. The molecule has 0 radical (unpaired) electrons. The highest BCUT2D eigenvalue weighted by atomic mass is 14.7. The average molecular weight is 199 g/mol. The molecule has 1 nitrogen and oxygen atoms in total. The van der Waals surface area contributed by atoms with Crippen LogP contribution in [0.5, 0.6) is 0 Å². The standard InChI is InChI=1S/C14H17N/c1-5-12-8-13-10(3)6-11(4)15-14(13)7-9(12)2/h6-8H,5H2,1-4H3. The zero-order valence-electron chi connectivity index (χ0n) is 9.89. The normalized spacial score (nSPS) is 10.9. The Bertz CT molecular complexity index is 512. The van der Waals surface area contributed by atoms with Gasteiger partial charge in [0.25, 0.3) is 0 Å². The first kappa shape index (κ1) is 10.2. The molecule has 2 rings (SSSR count). The summed E-state index contributed by atoms with van der Waals surface area (Å²) in [5, 5.41) is 1.29. The molecule has 1 heteroatoms. The number of aryl methyl sites for hydroxylation is 4. The van der Waals surface area contributed by atoms with Crippen molar-refractivity contribution in [3.8, 4) is 0 Å². The van der Waals surface area contributed by atoms with Gasteiger partial charge < -0.3 is 0 Å². The van der Waals surface area contributed by atoms with Crippen LogP contribution in [0.25, 0.3) is 10.9 Å². The number of nitrogens with zero attached hydrogens (tertiary/aromatic N) is 1. The summed E-state index contributed by atoms with van der Waals surface area (Å²) in [7, 11) is 0. The van der Waals surface area contributed by atoms with Crippen LogP contribution in [0, 0.1) is 20.8 Å². The number of rotatable bonds is 1. The van der Waals surface area contributed by atoms with Crippen LogP contribution < -0.4 is 0 Å². The van der Waals surface area contributed by atoms with Gasteiger partial charge >= 0.3 is 0 Å². The number of fused-ring (bicyclic) bond motifs is 1. The Balaban J connectivity index is 2.81. The molecule has 0 fully saturated rings. The summed E-state index contributed by atoms with van der Waals surface area (Å²) >= 11 is 0. The summed E-state index contributed by atoms with van der Waals surface area (Å²) in [5.74, 6) is 0. The molecule has 0 saturated carbocycles. The number of aromatic nitrogens is 1. The summed E-state index contributed by atoms with van der Waals surface area (Å²) in [5.41, 5.74) is 6.33. The average Bonchev–Trinajstić information content (AvgIpc) is 2.16. The van der Waals surface area contributed by atoms with Crippen molar-refractivity contribution in [3.05, 3.63) is 40.6 Å². The summed E-state index contributed by atoms with van der Waals surface area (Å²) < 4.78 is 0. The van der Waals surface area contributed by atoms with E-state index < -0.39 is 0 Å². The monoisotopic (exact) mass is 199 g/mol. The lowest BCUT2D eigenvalue weighted by molar-refractivity contribution is 1.11. The van der Waals surface area contributed by atoms with Crippen molar-refractivity contribution in [1.82, 2.24) is 4.98 Å². The van der Waals surface area contributed by atoms with Gasteiger partial charge in [-0.1, -0.05) is 6.92 Å². The van der Waals surface area contributed by atoms with Crippen LogP contribution in [-0.2, 0) is 6.42 Å². The Morgan fingerprint density at radius 1 is 1.00 bits per heavy atom. The molecular weight excluding hydrogens is 182 g/mol. The summed E-state index contributed by atoms with van der Waals surface area (Å²) in [6.07, 6.45) is 1.09. The molecule has 78 valence electrons. The molecule has 0 unspecified atom stereocenters. The lowest BCUT2D eigenvalue weighted by Gasteiger charge is -2.08. The van der Waals surface area contributed by atoms with Crippen molar-refractivity contribution in [2.24, 2.45) is 0 Å². The molecule has 0 N–H and O–H groups in total. The Hall–Kier alpha value is -1.37. The molecule has 1 aromatic heterocycles.